The molecule has 2 aromatic rings. The summed E-state index contributed by atoms with van der Waals surface area (Å²) < 4.78 is 10.6. The van der Waals surface area contributed by atoms with E-state index in [2.05, 4.69) is 36.4 Å². The molecule has 0 atom stereocenters. The zero-order valence-corrected chi connectivity index (χ0v) is 12.5. The van der Waals surface area contributed by atoms with Gasteiger partial charge in [0.15, 0.2) is 0 Å². The number of nitrogens with two attached hydrogens (primary N) is 1. The maximum Gasteiger partial charge on any atom is 0.0716 e. The summed E-state index contributed by atoms with van der Waals surface area (Å²) in [6, 6.07) is 16.7. The van der Waals surface area contributed by atoms with Gasteiger partial charge in [-0.25, -0.2) is 0 Å². The molecule has 21 heavy (non-hydrogen) atoms. The van der Waals surface area contributed by atoms with E-state index in [4.69, 9.17) is 15.2 Å². The van der Waals surface area contributed by atoms with Gasteiger partial charge < -0.3 is 15.2 Å². The molecule has 0 aliphatic carbocycles. The summed E-state index contributed by atoms with van der Waals surface area (Å²) in [6.45, 7) is 2.67. The summed E-state index contributed by atoms with van der Waals surface area (Å²) in [5.41, 5.74) is 10.5. The highest BCUT2D eigenvalue weighted by Crippen LogP contribution is 2.23. The minimum Gasteiger partial charge on any atom is -0.385 e. The summed E-state index contributed by atoms with van der Waals surface area (Å²) >= 11 is 0. The standard InChI is InChI=1S/C18H23NO2/c1-20-11-4-12-21-14-15-7-9-16(10-8-15)18-6-3-2-5-17(18)13-19/h2-3,5-10H,4,11-14,19H2,1H3. The molecule has 0 spiro atoms. The maximum absolute atomic E-state index is 5.79. The van der Waals surface area contributed by atoms with Gasteiger partial charge in [-0.15, -0.1) is 0 Å². The lowest BCUT2D eigenvalue weighted by atomic mass is 9.99. The van der Waals surface area contributed by atoms with Gasteiger partial charge in [0.1, 0.15) is 0 Å². The summed E-state index contributed by atoms with van der Waals surface area (Å²) in [5, 5.41) is 0. The quantitative estimate of drug-likeness (QED) is 0.756. The van der Waals surface area contributed by atoms with Crippen LogP contribution in [-0.4, -0.2) is 20.3 Å². The van der Waals surface area contributed by atoms with Gasteiger partial charge >= 0.3 is 0 Å². The Bertz CT molecular complexity index is 537. The summed E-state index contributed by atoms with van der Waals surface area (Å²) in [6.07, 6.45) is 0.929. The first kappa shape index (κ1) is 15.7. The van der Waals surface area contributed by atoms with Crippen molar-refractivity contribution in [3.05, 3.63) is 59.7 Å². The van der Waals surface area contributed by atoms with Gasteiger partial charge in [-0.2, -0.15) is 0 Å². The number of rotatable bonds is 8. The smallest absolute Gasteiger partial charge is 0.0716 e. The van der Waals surface area contributed by atoms with Crippen molar-refractivity contribution >= 4 is 0 Å². The summed E-state index contributed by atoms with van der Waals surface area (Å²) in [4.78, 5) is 0. The normalized spacial score (nSPS) is 10.8. The highest BCUT2D eigenvalue weighted by atomic mass is 16.5. The van der Waals surface area contributed by atoms with Crippen LogP contribution >= 0.6 is 0 Å². The lowest BCUT2D eigenvalue weighted by Gasteiger charge is -2.09. The highest BCUT2D eigenvalue weighted by molar-refractivity contribution is 5.67. The Balaban J connectivity index is 1.95. The van der Waals surface area contributed by atoms with E-state index in [9.17, 15) is 0 Å². The minimum absolute atomic E-state index is 0.556. The van der Waals surface area contributed by atoms with Crippen molar-refractivity contribution < 1.29 is 9.47 Å². The molecule has 0 fully saturated rings. The van der Waals surface area contributed by atoms with Crippen LogP contribution in [0.5, 0.6) is 0 Å². The predicted octanol–water partition coefficient (Wildman–Crippen LogP) is 3.37. The van der Waals surface area contributed by atoms with Gasteiger partial charge in [-0.3, -0.25) is 0 Å². The fourth-order valence-corrected chi connectivity index (χ4v) is 2.26. The Morgan fingerprint density at radius 2 is 1.71 bits per heavy atom. The third-order valence-electron chi connectivity index (χ3n) is 3.41. The number of hydrogen-bond donors (Lipinski definition) is 1. The highest BCUT2D eigenvalue weighted by Gasteiger charge is 2.03. The van der Waals surface area contributed by atoms with Gasteiger partial charge in [-0.05, 0) is 28.7 Å². The monoisotopic (exact) mass is 285 g/mol. The Morgan fingerprint density at radius 1 is 0.952 bits per heavy atom. The molecule has 0 unspecified atom stereocenters. The second-order valence-corrected chi connectivity index (χ2v) is 4.96. The molecule has 2 N–H and O–H groups in total. The van der Waals surface area contributed by atoms with E-state index in [0.29, 0.717) is 13.2 Å². The average Bonchev–Trinajstić information content (AvgIpc) is 2.55. The molecule has 0 aromatic heterocycles. The molecule has 0 aliphatic heterocycles. The molecule has 0 saturated carbocycles. The zero-order chi connectivity index (χ0) is 14.9. The van der Waals surface area contributed by atoms with E-state index in [1.54, 1.807) is 7.11 Å². The van der Waals surface area contributed by atoms with E-state index in [1.165, 1.54) is 22.3 Å². The summed E-state index contributed by atoms with van der Waals surface area (Å²) in [7, 11) is 1.71. The zero-order valence-electron chi connectivity index (χ0n) is 12.5. The molecule has 2 aromatic carbocycles. The first-order valence-corrected chi connectivity index (χ1v) is 7.29. The second kappa shape index (κ2) is 8.57. The van der Waals surface area contributed by atoms with E-state index in [-0.39, 0.29) is 0 Å². The number of ether oxygens (including phenoxy) is 2. The van der Waals surface area contributed by atoms with Crippen molar-refractivity contribution in [2.45, 2.75) is 19.6 Å². The molecule has 0 bridgehead atoms. The molecule has 3 nitrogen and oxygen atoms in total. The van der Waals surface area contributed by atoms with Crippen LogP contribution in [0.2, 0.25) is 0 Å². The lowest BCUT2D eigenvalue weighted by Crippen LogP contribution is -2.00. The van der Waals surface area contributed by atoms with Crippen molar-refractivity contribution in [1.29, 1.82) is 0 Å². The van der Waals surface area contributed by atoms with E-state index >= 15 is 0 Å². The van der Waals surface area contributed by atoms with Crippen molar-refractivity contribution in [2.75, 3.05) is 20.3 Å². The van der Waals surface area contributed by atoms with Crippen LogP contribution in [0.4, 0.5) is 0 Å². The second-order valence-electron chi connectivity index (χ2n) is 4.96. The molecule has 0 heterocycles. The van der Waals surface area contributed by atoms with Gasteiger partial charge in [0.2, 0.25) is 0 Å². The average molecular weight is 285 g/mol. The van der Waals surface area contributed by atoms with Gasteiger partial charge in [0.05, 0.1) is 6.61 Å². The van der Waals surface area contributed by atoms with Crippen molar-refractivity contribution in [3.8, 4) is 11.1 Å². The SMILES string of the molecule is COCCCOCc1ccc(-c2ccccc2CN)cc1. The molecular formula is C18H23NO2. The Kier molecular flexibility index (Phi) is 6.41. The fourth-order valence-electron chi connectivity index (χ4n) is 2.26. The van der Waals surface area contributed by atoms with Gasteiger partial charge in [0, 0.05) is 26.9 Å². The van der Waals surface area contributed by atoms with Gasteiger partial charge in [-0.1, -0.05) is 48.5 Å². The van der Waals surface area contributed by atoms with E-state index in [1.807, 2.05) is 12.1 Å². The molecule has 3 heteroatoms. The first-order chi connectivity index (χ1) is 10.3. The van der Waals surface area contributed by atoms with Crippen LogP contribution in [0.3, 0.4) is 0 Å². The van der Waals surface area contributed by atoms with E-state index < -0.39 is 0 Å². The lowest BCUT2D eigenvalue weighted by molar-refractivity contribution is 0.0929. The van der Waals surface area contributed by atoms with Crippen LogP contribution in [0.15, 0.2) is 48.5 Å². The predicted molar refractivity (Wildman–Crippen MR) is 85.9 cm³/mol. The molecule has 0 aliphatic rings. The molecule has 112 valence electrons. The third kappa shape index (κ3) is 4.67. The van der Waals surface area contributed by atoms with E-state index in [0.717, 1.165) is 19.6 Å². The number of hydrogen-bond acceptors (Lipinski definition) is 3. The summed E-state index contributed by atoms with van der Waals surface area (Å²) in [5.74, 6) is 0. The van der Waals surface area contributed by atoms with Crippen molar-refractivity contribution in [1.82, 2.24) is 0 Å². The maximum atomic E-state index is 5.79. The first-order valence-electron chi connectivity index (χ1n) is 7.29. The molecule has 0 radical (unpaired) electrons. The number of methoxy groups -OCH3 is 1. The van der Waals surface area contributed by atoms with Crippen LogP contribution < -0.4 is 5.73 Å². The van der Waals surface area contributed by atoms with Gasteiger partial charge in [0.25, 0.3) is 0 Å². The molecular weight excluding hydrogens is 262 g/mol. The molecule has 0 saturated heterocycles. The Labute approximate surface area is 126 Å². The van der Waals surface area contributed by atoms with Crippen LogP contribution in [0.25, 0.3) is 11.1 Å². The molecule has 2 rings (SSSR count). The fraction of sp³-hybridized carbons (Fsp3) is 0.333. The largest absolute Gasteiger partial charge is 0.385 e. The van der Waals surface area contributed by atoms with Crippen LogP contribution in [0.1, 0.15) is 17.5 Å². The number of benzene rings is 2. The Morgan fingerprint density at radius 3 is 2.43 bits per heavy atom. The van der Waals surface area contributed by atoms with Crippen molar-refractivity contribution in [2.24, 2.45) is 5.73 Å². The molecule has 0 amide bonds. The Hall–Kier alpha value is -1.68. The van der Waals surface area contributed by atoms with Crippen LogP contribution in [-0.2, 0) is 22.6 Å². The third-order valence-corrected chi connectivity index (χ3v) is 3.41. The topological polar surface area (TPSA) is 44.5 Å². The van der Waals surface area contributed by atoms with Crippen molar-refractivity contribution in [3.63, 3.8) is 0 Å². The van der Waals surface area contributed by atoms with Crippen LogP contribution in [0, 0.1) is 0 Å². The minimum atomic E-state index is 0.556.